The van der Waals surface area contributed by atoms with E-state index in [1.807, 2.05) is 19.1 Å². The van der Waals surface area contributed by atoms with Crippen LogP contribution in [0.2, 0.25) is 0 Å². The van der Waals surface area contributed by atoms with Crippen LogP contribution >= 0.6 is 0 Å². The summed E-state index contributed by atoms with van der Waals surface area (Å²) in [5.74, 6) is -0.361. The average Bonchev–Trinajstić information content (AvgIpc) is 3.16. The second kappa shape index (κ2) is 7.84. The van der Waals surface area contributed by atoms with Gasteiger partial charge in [0, 0.05) is 11.1 Å². The van der Waals surface area contributed by atoms with Crippen LogP contribution in [0.15, 0.2) is 72.9 Å². The zero-order valence-corrected chi connectivity index (χ0v) is 16.2. The highest BCUT2D eigenvalue weighted by Gasteiger charge is 2.40. The molecule has 4 aromatic rings. The van der Waals surface area contributed by atoms with Crippen molar-refractivity contribution in [1.29, 1.82) is 0 Å². The molecule has 1 aromatic heterocycles. The van der Waals surface area contributed by atoms with Crippen molar-refractivity contribution in [3.63, 3.8) is 0 Å². The molecule has 4 rings (SSSR count). The summed E-state index contributed by atoms with van der Waals surface area (Å²) in [6.07, 6.45) is -1.47. The number of hydrogen-bond acceptors (Lipinski definition) is 3. The van der Waals surface area contributed by atoms with E-state index < -0.39 is 12.0 Å². The van der Waals surface area contributed by atoms with Crippen molar-refractivity contribution in [3.05, 3.63) is 89.9 Å². The topological polar surface area (TPSA) is 50.1 Å². The molecule has 4 nitrogen and oxygen atoms in total. The quantitative estimate of drug-likeness (QED) is 0.468. The summed E-state index contributed by atoms with van der Waals surface area (Å²) in [4.78, 5) is 0. The van der Waals surface area contributed by atoms with E-state index in [1.165, 1.54) is 30.5 Å². The van der Waals surface area contributed by atoms with Crippen LogP contribution in [0.3, 0.4) is 0 Å². The SMILES string of the molecule is Cc1ccccc1NCC(O)(c1ccc2c(cnn2-c2ccc(F)cc2)c1)C(F)F. The fourth-order valence-corrected chi connectivity index (χ4v) is 3.40. The lowest BCUT2D eigenvalue weighted by Gasteiger charge is -2.29. The first-order valence-corrected chi connectivity index (χ1v) is 9.43. The summed E-state index contributed by atoms with van der Waals surface area (Å²) in [6.45, 7) is 1.51. The Kier molecular flexibility index (Phi) is 5.22. The van der Waals surface area contributed by atoms with Gasteiger partial charge in [0.15, 0.2) is 5.60 Å². The minimum absolute atomic E-state index is 0.0877. The Morgan fingerprint density at radius 1 is 1.07 bits per heavy atom. The molecule has 0 spiro atoms. The zero-order valence-electron chi connectivity index (χ0n) is 16.2. The Hall–Kier alpha value is -3.32. The number of hydrogen-bond donors (Lipinski definition) is 2. The fourth-order valence-electron chi connectivity index (χ4n) is 3.40. The van der Waals surface area contributed by atoms with Gasteiger partial charge in [-0.15, -0.1) is 0 Å². The molecule has 0 aliphatic carbocycles. The van der Waals surface area contributed by atoms with E-state index in [0.717, 1.165) is 5.56 Å². The lowest BCUT2D eigenvalue weighted by molar-refractivity contribution is -0.0920. The van der Waals surface area contributed by atoms with Gasteiger partial charge in [0.25, 0.3) is 6.43 Å². The molecule has 0 amide bonds. The second-order valence-corrected chi connectivity index (χ2v) is 7.20. The molecule has 1 unspecified atom stereocenters. The smallest absolute Gasteiger partial charge is 0.272 e. The summed E-state index contributed by atoms with van der Waals surface area (Å²) in [5.41, 5.74) is 0.587. The zero-order chi connectivity index (χ0) is 21.3. The first kappa shape index (κ1) is 20.0. The minimum atomic E-state index is -3.00. The first-order valence-electron chi connectivity index (χ1n) is 9.43. The van der Waals surface area contributed by atoms with Gasteiger partial charge in [-0.05, 0) is 60.5 Å². The van der Waals surface area contributed by atoms with Crippen LogP contribution in [0.1, 0.15) is 11.1 Å². The highest BCUT2D eigenvalue weighted by atomic mass is 19.3. The summed E-state index contributed by atoms with van der Waals surface area (Å²) in [5, 5.41) is 18.6. The van der Waals surface area contributed by atoms with Crippen LogP contribution in [0.25, 0.3) is 16.6 Å². The number of aryl methyl sites for hydroxylation is 1. The lowest BCUT2D eigenvalue weighted by atomic mass is 9.93. The maximum absolute atomic E-state index is 13.9. The van der Waals surface area contributed by atoms with E-state index in [4.69, 9.17) is 0 Å². The van der Waals surface area contributed by atoms with Crippen LogP contribution < -0.4 is 5.32 Å². The second-order valence-electron chi connectivity index (χ2n) is 7.20. The molecule has 0 radical (unpaired) electrons. The van der Waals surface area contributed by atoms with Crippen LogP contribution in [-0.4, -0.2) is 27.9 Å². The molecule has 1 heterocycles. The number of halogens is 3. The number of alkyl halides is 2. The summed E-state index contributed by atoms with van der Waals surface area (Å²) in [6, 6.07) is 17.7. The molecule has 154 valence electrons. The number of para-hydroxylation sites is 1. The molecule has 3 aromatic carbocycles. The van der Waals surface area contributed by atoms with E-state index in [-0.39, 0.29) is 17.9 Å². The van der Waals surface area contributed by atoms with E-state index >= 15 is 0 Å². The summed E-state index contributed by atoms with van der Waals surface area (Å²) >= 11 is 0. The minimum Gasteiger partial charge on any atom is -0.381 e. The van der Waals surface area contributed by atoms with Gasteiger partial charge in [-0.2, -0.15) is 5.10 Å². The lowest BCUT2D eigenvalue weighted by Crippen LogP contribution is -2.41. The highest BCUT2D eigenvalue weighted by molar-refractivity contribution is 5.81. The number of aromatic nitrogens is 2. The van der Waals surface area contributed by atoms with Crippen molar-refractivity contribution in [2.24, 2.45) is 0 Å². The van der Waals surface area contributed by atoms with Gasteiger partial charge in [0.2, 0.25) is 0 Å². The van der Waals surface area contributed by atoms with Crippen molar-refractivity contribution in [2.75, 3.05) is 11.9 Å². The first-order chi connectivity index (χ1) is 14.4. The summed E-state index contributed by atoms with van der Waals surface area (Å²) < 4.78 is 42.6. The normalized spacial score (nSPS) is 13.5. The highest BCUT2D eigenvalue weighted by Crippen LogP contribution is 2.32. The van der Waals surface area contributed by atoms with Gasteiger partial charge in [0.1, 0.15) is 5.82 Å². The molecular formula is C23H20F3N3O. The van der Waals surface area contributed by atoms with Crippen LogP contribution in [0, 0.1) is 12.7 Å². The number of fused-ring (bicyclic) bond motifs is 1. The molecule has 0 saturated carbocycles. The fraction of sp³-hybridized carbons (Fsp3) is 0.174. The summed E-state index contributed by atoms with van der Waals surface area (Å²) in [7, 11) is 0. The van der Waals surface area contributed by atoms with Gasteiger partial charge >= 0.3 is 0 Å². The largest absolute Gasteiger partial charge is 0.381 e. The van der Waals surface area contributed by atoms with Crippen molar-refractivity contribution in [1.82, 2.24) is 9.78 Å². The number of nitrogens with zero attached hydrogens (tertiary/aromatic N) is 2. The third-order valence-corrected chi connectivity index (χ3v) is 5.19. The maximum Gasteiger partial charge on any atom is 0.272 e. The van der Waals surface area contributed by atoms with Crippen LogP contribution in [-0.2, 0) is 5.60 Å². The Balaban J connectivity index is 1.67. The molecular weight excluding hydrogens is 391 g/mol. The van der Waals surface area contributed by atoms with E-state index in [9.17, 15) is 18.3 Å². The number of benzene rings is 3. The molecule has 2 N–H and O–H groups in total. The molecule has 0 fully saturated rings. The molecule has 0 saturated heterocycles. The molecule has 30 heavy (non-hydrogen) atoms. The van der Waals surface area contributed by atoms with Crippen LogP contribution in [0.4, 0.5) is 18.9 Å². The van der Waals surface area contributed by atoms with Gasteiger partial charge in [-0.1, -0.05) is 24.3 Å². The van der Waals surface area contributed by atoms with E-state index in [1.54, 1.807) is 35.0 Å². The number of anilines is 1. The molecule has 0 aliphatic rings. The third-order valence-electron chi connectivity index (χ3n) is 5.19. The predicted octanol–water partition coefficient (Wildman–Crippen LogP) is 5.04. The van der Waals surface area contributed by atoms with E-state index in [0.29, 0.717) is 22.3 Å². The predicted molar refractivity (Wildman–Crippen MR) is 111 cm³/mol. The molecule has 7 heteroatoms. The van der Waals surface area contributed by atoms with Gasteiger partial charge in [0.05, 0.1) is 23.9 Å². The van der Waals surface area contributed by atoms with Gasteiger partial charge in [-0.3, -0.25) is 0 Å². The molecule has 0 bridgehead atoms. The van der Waals surface area contributed by atoms with Crippen LogP contribution in [0.5, 0.6) is 0 Å². The maximum atomic E-state index is 13.9. The van der Waals surface area contributed by atoms with Gasteiger partial charge < -0.3 is 10.4 Å². The van der Waals surface area contributed by atoms with Gasteiger partial charge in [-0.25, -0.2) is 17.9 Å². The standard InChI is InChI=1S/C23H20F3N3O/c1-15-4-2-3-5-20(15)27-14-23(30,22(25)26)17-6-11-21-16(12-17)13-28-29(21)19-9-7-18(24)8-10-19/h2-13,22,27,30H,14H2,1H3. The Morgan fingerprint density at radius 2 is 1.80 bits per heavy atom. The monoisotopic (exact) mass is 411 g/mol. The van der Waals surface area contributed by atoms with Crippen molar-refractivity contribution in [2.45, 2.75) is 19.0 Å². The third kappa shape index (κ3) is 3.64. The number of nitrogens with one attached hydrogen (secondary N) is 1. The Bertz CT molecular complexity index is 1170. The van der Waals surface area contributed by atoms with Crippen molar-refractivity contribution < 1.29 is 18.3 Å². The average molecular weight is 411 g/mol. The molecule has 1 atom stereocenters. The van der Waals surface area contributed by atoms with Crippen molar-refractivity contribution in [3.8, 4) is 5.69 Å². The van der Waals surface area contributed by atoms with Crippen molar-refractivity contribution >= 4 is 16.6 Å². The van der Waals surface area contributed by atoms with E-state index in [2.05, 4.69) is 10.4 Å². The Morgan fingerprint density at radius 3 is 2.50 bits per heavy atom. The Labute approximate surface area is 171 Å². The molecule has 0 aliphatic heterocycles. The number of aliphatic hydroxyl groups is 1. The number of rotatable bonds is 6.